The molecule has 0 bridgehead atoms. The maximum Gasteiger partial charge on any atom is 0.416 e. The number of fused-ring (bicyclic) bond motifs is 1. The molecule has 0 unspecified atom stereocenters. The molecule has 5 nitrogen and oxygen atoms in total. The first-order valence-corrected chi connectivity index (χ1v) is 11.1. The summed E-state index contributed by atoms with van der Waals surface area (Å²) >= 11 is 1.47. The zero-order valence-corrected chi connectivity index (χ0v) is 18.5. The summed E-state index contributed by atoms with van der Waals surface area (Å²) in [6.07, 6.45) is -1.33. The van der Waals surface area contributed by atoms with Gasteiger partial charge < -0.3 is 14.8 Å². The molecule has 0 spiro atoms. The number of carboxylic acid groups (broad SMARTS) is 1. The van der Waals surface area contributed by atoms with Crippen LogP contribution in [0.25, 0.3) is 21.5 Å². The van der Waals surface area contributed by atoms with Gasteiger partial charge in [-0.2, -0.15) is 13.2 Å². The number of halogens is 3. The summed E-state index contributed by atoms with van der Waals surface area (Å²) in [6, 6.07) is 10.6. The van der Waals surface area contributed by atoms with E-state index in [9.17, 15) is 18.0 Å². The molecule has 0 saturated carbocycles. The fourth-order valence-corrected chi connectivity index (χ4v) is 4.75. The number of aromatic nitrogens is 2. The lowest BCUT2D eigenvalue weighted by atomic mass is 10.1. The summed E-state index contributed by atoms with van der Waals surface area (Å²) < 4.78 is 44.3. The molecule has 4 aromatic rings. The molecule has 0 fully saturated rings. The van der Waals surface area contributed by atoms with E-state index in [1.165, 1.54) is 23.5 Å². The van der Waals surface area contributed by atoms with E-state index in [1.54, 1.807) is 6.20 Å². The zero-order valence-electron chi connectivity index (χ0n) is 17.7. The Kier molecular flexibility index (Phi) is 6.42. The van der Waals surface area contributed by atoms with Crippen LogP contribution in [-0.2, 0) is 23.8 Å². The quantitative estimate of drug-likeness (QED) is 0.296. The first kappa shape index (κ1) is 22.8. The predicted molar refractivity (Wildman–Crippen MR) is 121 cm³/mol. The molecular formula is C24H21F3N2O3S. The molecule has 4 rings (SSSR count). The molecule has 2 aromatic carbocycles. The Morgan fingerprint density at radius 2 is 1.94 bits per heavy atom. The highest BCUT2D eigenvalue weighted by Gasteiger charge is 2.30. The summed E-state index contributed by atoms with van der Waals surface area (Å²) in [6.45, 7) is 2.32. The van der Waals surface area contributed by atoms with Crippen LogP contribution in [0.2, 0.25) is 0 Å². The number of aliphatic carboxylic acids is 1. The number of aryl methyl sites for hydroxylation is 2. The molecule has 2 aromatic heterocycles. The van der Waals surface area contributed by atoms with E-state index >= 15 is 0 Å². The van der Waals surface area contributed by atoms with E-state index in [0.717, 1.165) is 40.0 Å². The highest BCUT2D eigenvalue weighted by molar-refractivity contribution is 7.15. The third-order valence-corrected chi connectivity index (χ3v) is 6.51. The number of ether oxygens (including phenoxy) is 1. The number of hydrogen-bond acceptors (Lipinski definition) is 4. The van der Waals surface area contributed by atoms with Crippen molar-refractivity contribution in [3.05, 3.63) is 70.4 Å². The van der Waals surface area contributed by atoms with Crippen molar-refractivity contribution >= 4 is 28.2 Å². The minimum absolute atomic E-state index is 0.0901. The molecule has 33 heavy (non-hydrogen) atoms. The molecule has 0 atom stereocenters. The molecule has 0 aliphatic rings. The second-order valence-corrected chi connectivity index (χ2v) is 8.70. The molecule has 2 heterocycles. The summed E-state index contributed by atoms with van der Waals surface area (Å²) in [4.78, 5) is 19.8. The van der Waals surface area contributed by atoms with Crippen molar-refractivity contribution in [1.29, 1.82) is 0 Å². The fourth-order valence-electron chi connectivity index (χ4n) is 3.64. The van der Waals surface area contributed by atoms with E-state index < -0.39 is 17.7 Å². The zero-order chi connectivity index (χ0) is 23.6. The Labute approximate surface area is 191 Å². The van der Waals surface area contributed by atoms with Gasteiger partial charge in [-0.3, -0.25) is 4.79 Å². The van der Waals surface area contributed by atoms with Crippen molar-refractivity contribution in [3.8, 4) is 16.3 Å². The van der Waals surface area contributed by atoms with E-state index in [1.807, 2.05) is 25.1 Å². The van der Waals surface area contributed by atoms with Gasteiger partial charge in [0, 0.05) is 27.5 Å². The van der Waals surface area contributed by atoms with Gasteiger partial charge in [0.2, 0.25) is 0 Å². The SMILES string of the molecule is Cc1nc(-c2ccc(C(F)(F)F)cc2)sc1CCCOc1cccc2[nH]cc(CC(=O)O)c12. The Morgan fingerprint density at radius 1 is 1.18 bits per heavy atom. The molecular weight excluding hydrogens is 453 g/mol. The number of carbonyl (C=O) groups is 1. The third-order valence-electron chi connectivity index (χ3n) is 5.25. The lowest BCUT2D eigenvalue weighted by Gasteiger charge is -2.08. The van der Waals surface area contributed by atoms with Crippen LogP contribution in [0.1, 0.15) is 28.1 Å². The average molecular weight is 475 g/mol. The number of nitrogens with one attached hydrogen (secondary N) is 1. The van der Waals surface area contributed by atoms with Gasteiger partial charge in [0.15, 0.2) is 0 Å². The number of aromatic amines is 1. The highest BCUT2D eigenvalue weighted by atomic mass is 32.1. The number of alkyl halides is 3. The Hall–Kier alpha value is -3.33. The monoisotopic (exact) mass is 474 g/mol. The number of H-pyrrole nitrogens is 1. The number of hydrogen-bond donors (Lipinski definition) is 2. The van der Waals surface area contributed by atoms with Gasteiger partial charge in [-0.25, -0.2) is 4.98 Å². The summed E-state index contributed by atoms with van der Waals surface area (Å²) in [5, 5.41) is 10.6. The van der Waals surface area contributed by atoms with Gasteiger partial charge in [0.1, 0.15) is 10.8 Å². The molecule has 0 radical (unpaired) electrons. The number of rotatable bonds is 8. The topological polar surface area (TPSA) is 75.2 Å². The lowest BCUT2D eigenvalue weighted by molar-refractivity contribution is -0.138. The largest absolute Gasteiger partial charge is 0.493 e. The van der Waals surface area contributed by atoms with Crippen LogP contribution in [0.3, 0.4) is 0 Å². The second kappa shape index (κ2) is 9.27. The van der Waals surface area contributed by atoms with Gasteiger partial charge in [0.25, 0.3) is 0 Å². The van der Waals surface area contributed by atoms with Crippen molar-refractivity contribution in [2.24, 2.45) is 0 Å². The molecule has 0 aliphatic heterocycles. The normalized spacial score (nSPS) is 11.8. The number of carboxylic acids is 1. The van der Waals surface area contributed by atoms with Crippen molar-refractivity contribution in [2.75, 3.05) is 6.61 Å². The molecule has 9 heteroatoms. The Morgan fingerprint density at radius 3 is 2.64 bits per heavy atom. The smallest absolute Gasteiger partial charge is 0.416 e. The van der Waals surface area contributed by atoms with Gasteiger partial charge in [-0.15, -0.1) is 11.3 Å². The number of nitrogens with zero attached hydrogens (tertiary/aromatic N) is 1. The van der Waals surface area contributed by atoms with Crippen LogP contribution >= 0.6 is 11.3 Å². The lowest BCUT2D eigenvalue weighted by Crippen LogP contribution is -2.03. The maximum absolute atomic E-state index is 12.8. The van der Waals surface area contributed by atoms with E-state index in [-0.39, 0.29) is 6.42 Å². The second-order valence-electron chi connectivity index (χ2n) is 7.62. The standard InChI is InChI=1S/C24H21F3N2O3S/c1-14-20(33-23(29-14)15-7-9-17(10-8-15)24(25,26)27)6-3-11-32-19-5-2-4-18-22(19)16(13-28-18)12-21(30)31/h2,4-5,7-10,13,28H,3,6,11-12H2,1H3,(H,30,31). The Bertz CT molecular complexity index is 1280. The summed E-state index contributed by atoms with van der Waals surface area (Å²) in [7, 11) is 0. The van der Waals surface area contributed by atoms with Crippen LogP contribution in [0.15, 0.2) is 48.7 Å². The molecule has 0 saturated heterocycles. The first-order chi connectivity index (χ1) is 15.7. The molecule has 0 aliphatic carbocycles. The van der Waals surface area contributed by atoms with Gasteiger partial charge >= 0.3 is 12.1 Å². The van der Waals surface area contributed by atoms with Crippen LogP contribution in [0, 0.1) is 6.92 Å². The molecule has 0 amide bonds. The number of benzene rings is 2. The van der Waals surface area contributed by atoms with E-state index in [4.69, 9.17) is 9.84 Å². The number of thiazole rings is 1. The fraction of sp³-hybridized carbons (Fsp3) is 0.250. The third kappa shape index (κ3) is 5.19. The van der Waals surface area contributed by atoms with Crippen LogP contribution in [0.5, 0.6) is 5.75 Å². The van der Waals surface area contributed by atoms with Gasteiger partial charge in [0.05, 0.1) is 24.3 Å². The minimum atomic E-state index is -4.36. The molecule has 2 N–H and O–H groups in total. The van der Waals surface area contributed by atoms with E-state index in [2.05, 4.69) is 9.97 Å². The minimum Gasteiger partial charge on any atom is -0.493 e. The average Bonchev–Trinajstić information content (AvgIpc) is 3.34. The van der Waals surface area contributed by atoms with Gasteiger partial charge in [-0.1, -0.05) is 18.2 Å². The van der Waals surface area contributed by atoms with Crippen molar-refractivity contribution in [1.82, 2.24) is 9.97 Å². The maximum atomic E-state index is 12.8. The molecule has 172 valence electrons. The summed E-state index contributed by atoms with van der Waals surface area (Å²) in [5.74, 6) is -0.272. The van der Waals surface area contributed by atoms with Gasteiger partial charge in [-0.05, 0) is 49.6 Å². The first-order valence-electron chi connectivity index (χ1n) is 10.3. The highest BCUT2D eigenvalue weighted by Crippen LogP contribution is 2.33. The van der Waals surface area contributed by atoms with Crippen molar-refractivity contribution in [2.45, 2.75) is 32.4 Å². The van der Waals surface area contributed by atoms with E-state index in [0.29, 0.717) is 34.9 Å². The predicted octanol–water partition coefficient (Wildman–Crippen LogP) is 6.26. The Balaban J connectivity index is 1.40. The van der Waals surface area contributed by atoms with Crippen LogP contribution in [0.4, 0.5) is 13.2 Å². The van der Waals surface area contributed by atoms with Crippen LogP contribution in [-0.4, -0.2) is 27.7 Å². The van der Waals surface area contributed by atoms with Crippen molar-refractivity contribution < 1.29 is 27.8 Å². The van der Waals surface area contributed by atoms with Crippen molar-refractivity contribution in [3.63, 3.8) is 0 Å². The summed E-state index contributed by atoms with van der Waals surface area (Å²) in [5.41, 5.74) is 2.33. The van der Waals surface area contributed by atoms with Crippen LogP contribution < -0.4 is 4.74 Å².